The van der Waals surface area contributed by atoms with Crippen molar-refractivity contribution in [1.82, 2.24) is 9.78 Å². The van der Waals surface area contributed by atoms with Gasteiger partial charge in [0.15, 0.2) is 11.6 Å². The first-order chi connectivity index (χ1) is 8.09. The van der Waals surface area contributed by atoms with Crippen LogP contribution in [-0.4, -0.2) is 9.78 Å². The molecule has 3 nitrogen and oxygen atoms in total. The Morgan fingerprint density at radius 2 is 2.12 bits per heavy atom. The summed E-state index contributed by atoms with van der Waals surface area (Å²) < 4.78 is 28.0. The van der Waals surface area contributed by atoms with Crippen LogP contribution in [0.3, 0.4) is 0 Å². The minimum atomic E-state index is -0.853. The van der Waals surface area contributed by atoms with Gasteiger partial charge in [0.25, 0.3) is 0 Å². The van der Waals surface area contributed by atoms with Crippen molar-refractivity contribution in [3.8, 4) is 0 Å². The second kappa shape index (κ2) is 4.53. The van der Waals surface area contributed by atoms with Crippen LogP contribution in [0.2, 0.25) is 0 Å². The largest absolute Gasteiger partial charge is 0.378 e. The van der Waals surface area contributed by atoms with Gasteiger partial charge in [-0.05, 0) is 19.1 Å². The van der Waals surface area contributed by atoms with Crippen LogP contribution in [0.5, 0.6) is 0 Å². The lowest BCUT2D eigenvalue weighted by molar-refractivity contribution is 0.511. The summed E-state index contributed by atoms with van der Waals surface area (Å²) in [4.78, 5) is 0. The van der Waals surface area contributed by atoms with Gasteiger partial charge in [0.2, 0.25) is 0 Å². The molecule has 0 spiro atoms. The normalized spacial score (nSPS) is 10.6. The first-order valence-corrected chi connectivity index (χ1v) is 5.25. The van der Waals surface area contributed by atoms with E-state index < -0.39 is 11.6 Å². The van der Waals surface area contributed by atoms with Crippen molar-refractivity contribution in [2.75, 3.05) is 5.32 Å². The number of benzene rings is 1. The minimum absolute atomic E-state index is 0.160. The van der Waals surface area contributed by atoms with Crippen molar-refractivity contribution >= 4 is 5.69 Å². The fourth-order valence-corrected chi connectivity index (χ4v) is 1.55. The maximum Gasteiger partial charge on any atom is 0.181 e. The second-order valence-corrected chi connectivity index (χ2v) is 3.83. The van der Waals surface area contributed by atoms with Crippen LogP contribution in [0.25, 0.3) is 0 Å². The monoisotopic (exact) mass is 237 g/mol. The first kappa shape index (κ1) is 11.6. The summed E-state index contributed by atoms with van der Waals surface area (Å²) in [7, 11) is 1.83. The van der Waals surface area contributed by atoms with Crippen LogP contribution < -0.4 is 5.32 Å². The minimum Gasteiger partial charge on any atom is -0.378 e. The molecule has 1 aromatic heterocycles. The molecule has 0 amide bonds. The maximum absolute atomic E-state index is 13.4. The summed E-state index contributed by atoms with van der Waals surface area (Å²) in [5, 5.41) is 6.93. The summed E-state index contributed by atoms with van der Waals surface area (Å²) in [5.41, 5.74) is 2.11. The van der Waals surface area contributed by atoms with Crippen LogP contribution in [0.1, 0.15) is 11.3 Å². The Hall–Kier alpha value is -1.91. The molecule has 0 atom stereocenters. The van der Waals surface area contributed by atoms with E-state index in [-0.39, 0.29) is 5.69 Å². The molecule has 0 bridgehead atoms. The van der Waals surface area contributed by atoms with Crippen molar-refractivity contribution in [1.29, 1.82) is 0 Å². The predicted molar refractivity (Wildman–Crippen MR) is 61.6 cm³/mol. The number of nitrogens with zero attached hydrogens (tertiary/aromatic N) is 2. The number of aromatic nitrogens is 2. The SMILES string of the molecule is Cc1c(CNc2cccc(F)c2F)cnn1C. The molecule has 0 aliphatic carbocycles. The zero-order valence-electron chi connectivity index (χ0n) is 9.67. The number of aryl methyl sites for hydroxylation is 1. The molecule has 0 aliphatic heterocycles. The number of hydrogen-bond donors (Lipinski definition) is 1. The van der Waals surface area contributed by atoms with E-state index in [1.54, 1.807) is 10.9 Å². The predicted octanol–water partition coefficient (Wildman–Crippen LogP) is 2.62. The average Bonchev–Trinajstić information content (AvgIpc) is 2.62. The van der Waals surface area contributed by atoms with Gasteiger partial charge in [-0.25, -0.2) is 8.78 Å². The highest BCUT2D eigenvalue weighted by Gasteiger charge is 2.08. The number of anilines is 1. The van der Waals surface area contributed by atoms with E-state index in [2.05, 4.69) is 10.4 Å². The lowest BCUT2D eigenvalue weighted by Crippen LogP contribution is -2.03. The molecule has 1 N–H and O–H groups in total. The highest BCUT2D eigenvalue weighted by atomic mass is 19.2. The Kier molecular flexibility index (Phi) is 3.08. The van der Waals surface area contributed by atoms with Gasteiger partial charge in [0.1, 0.15) is 0 Å². The van der Waals surface area contributed by atoms with Gasteiger partial charge in [-0.2, -0.15) is 5.10 Å². The zero-order valence-corrected chi connectivity index (χ0v) is 9.67. The molecule has 5 heteroatoms. The molecule has 90 valence electrons. The van der Waals surface area contributed by atoms with Crippen LogP contribution >= 0.6 is 0 Å². The summed E-state index contributed by atoms with van der Waals surface area (Å²) in [6, 6.07) is 4.07. The van der Waals surface area contributed by atoms with Crippen molar-refractivity contribution < 1.29 is 8.78 Å². The molecule has 2 rings (SSSR count). The third-order valence-electron chi connectivity index (χ3n) is 2.76. The third kappa shape index (κ3) is 2.27. The molecule has 0 radical (unpaired) electrons. The topological polar surface area (TPSA) is 29.9 Å². The number of rotatable bonds is 3. The maximum atomic E-state index is 13.4. The van der Waals surface area contributed by atoms with Gasteiger partial charge >= 0.3 is 0 Å². The quantitative estimate of drug-likeness (QED) is 0.889. The Morgan fingerprint density at radius 1 is 1.35 bits per heavy atom. The lowest BCUT2D eigenvalue weighted by Gasteiger charge is -2.07. The molecule has 1 heterocycles. The molecule has 0 saturated carbocycles. The van der Waals surface area contributed by atoms with Gasteiger partial charge in [0.05, 0.1) is 11.9 Å². The fourth-order valence-electron chi connectivity index (χ4n) is 1.55. The van der Waals surface area contributed by atoms with Crippen molar-refractivity contribution in [3.05, 3.63) is 47.3 Å². The van der Waals surface area contributed by atoms with E-state index in [1.807, 2.05) is 14.0 Å². The van der Waals surface area contributed by atoms with E-state index in [0.29, 0.717) is 6.54 Å². The average molecular weight is 237 g/mol. The molecule has 17 heavy (non-hydrogen) atoms. The highest BCUT2D eigenvalue weighted by Crippen LogP contribution is 2.18. The lowest BCUT2D eigenvalue weighted by atomic mass is 10.2. The van der Waals surface area contributed by atoms with E-state index in [0.717, 1.165) is 17.3 Å². The van der Waals surface area contributed by atoms with Crippen LogP contribution in [-0.2, 0) is 13.6 Å². The first-order valence-electron chi connectivity index (χ1n) is 5.25. The molecule has 2 aromatic rings. The molecular formula is C12H13F2N3. The number of hydrogen-bond acceptors (Lipinski definition) is 2. The van der Waals surface area contributed by atoms with E-state index in [9.17, 15) is 8.78 Å². The molecule has 0 aliphatic rings. The van der Waals surface area contributed by atoms with Crippen LogP contribution in [0.4, 0.5) is 14.5 Å². The van der Waals surface area contributed by atoms with Gasteiger partial charge in [-0.1, -0.05) is 6.07 Å². The second-order valence-electron chi connectivity index (χ2n) is 3.83. The van der Waals surface area contributed by atoms with E-state index >= 15 is 0 Å². The van der Waals surface area contributed by atoms with Crippen molar-refractivity contribution in [2.45, 2.75) is 13.5 Å². The van der Waals surface area contributed by atoms with Gasteiger partial charge in [0, 0.05) is 24.8 Å². The smallest absolute Gasteiger partial charge is 0.181 e. The molecule has 0 saturated heterocycles. The fraction of sp³-hybridized carbons (Fsp3) is 0.250. The van der Waals surface area contributed by atoms with Crippen LogP contribution in [0, 0.1) is 18.6 Å². The summed E-state index contributed by atoms with van der Waals surface area (Å²) >= 11 is 0. The summed E-state index contributed by atoms with van der Waals surface area (Å²) in [5.74, 6) is -1.70. The molecular weight excluding hydrogens is 224 g/mol. The van der Waals surface area contributed by atoms with Crippen molar-refractivity contribution in [2.24, 2.45) is 7.05 Å². The molecule has 0 fully saturated rings. The summed E-state index contributed by atoms with van der Waals surface area (Å²) in [6.45, 7) is 2.34. The van der Waals surface area contributed by atoms with Gasteiger partial charge < -0.3 is 5.32 Å². The summed E-state index contributed by atoms with van der Waals surface area (Å²) in [6.07, 6.45) is 1.71. The van der Waals surface area contributed by atoms with Crippen LogP contribution in [0.15, 0.2) is 24.4 Å². The Morgan fingerprint density at radius 3 is 2.76 bits per heavy atom. The van der Waals surface area contributed by atoms with E-state index in [1.165, 1.54) is 12.1 Å². The molecule has 0 unspecified atom stereocenters. The highest BCUT2D eigenvalue weighted by molar-refractivity contribution is 5.45. The van der Waals surface area contributed by atoms with E-state index in [4.69, 9.17) is 0 Å². The Balaban J connectivity index is 2.13. The third-order valence-corrected chi connectivity index (χ3v) is 2.76. The van der Waals surface area contributed by atoms with Gasteiger partial charge in [-0.3, -0.25) is 4.68 Å². The zero-order chi connectivity index (χ0) is 12.4. The number of nitrogens with one attached hydrogen (secondary N) is 1. The Labute approximate surface area is 98.1 Å². The number of halogens is 2. The molecule has 1 aromatic carbocycles. The van der Waals surface area contributed by atoms with Gasteiger partial charge in [-0.15, -0.1) is 0 Å². The van der Waals surface area contributed by atoms with Crippen molar-refractivity contribution in [3.63, 3.8) is 0 Å². The standard InChI is InChI=1S/C12H13F2N3/c1-8-9(7-16-17(8)2)6-15-11-5-3-4-10(13)12(11)14/h3-5,7,15H,6H2,1-2H3. The Bertz CT molecular complexity index is 535.